The van der Waals surface area contributed by atoms with Crippen LogP contribution in [0.3, 0.4) is 0 Å². The van der Waals surface area contributed by atoms with Crippen LogP contribution < -0.4 is 10.6 Å². The van der Waals surface area contributed by atoms with Crippen molar-refractivity contribution < 1.29 is 4.79 Å². The van der Waals surface area contributed by atoms with E-state index in [2.05, 4.69) is 10.6 Å². The third kappa shape index (κ3) is 4.96. The molecule has 5 heteroatoms. The largest absolute Gasteiger partial charge is 0.385 e. The third-order valence-electron chi connectivity index (χ3n) is 2.94. The van der Waals surface area contributed by atoms with E-state index < -0.39 is 0 Å². The molecule has 0 fully saturated rings. The van der Waals surface area contributed by atoms with Crippen molar-refractivity contribution in [2.75, 3.05) is 17.2 Å². The first kappa shape index (κ1) is 15.7. The number of anilines is 2. The molecule has 2 rings (SSSR count). The number of hydrogen-bond donors (Lipinski definition) is 2. The third-order valence-corrected chi connectivity index (χ3v) is 3.68. The zero-order valence-corrected chi connectivity index (χ0v) is 13.1. The molecular formula is C16H16Cl2N2O. The van der Waals surface area contributed by atoms with Crippen LogP contribution in [0.1, 0.15) is 12.0 Å². The minimum atomic E-state index is -0.0759. The van der Waals surface area contributed by atoms with Gasteiger partial charge in [-0.15, -0.1) is 0 Å². The summed E-state index contributed by atoms with van der Waals surface area (Å²) in [5.74, 6) is -0.0759. The molecular weight excluding hydrogens is 307 g/mol. The van der Waals surface area contributed by atoms with Crippen molar-refractivity contribution in [1.29, 1.82) is 0 Å². The molecule has 0 saturated heterocycles. The first-order valence-corrected chi connectivity index (χ1v) is 7.35. The summed E-state index contributed by atoms with van der Waals surface area (Å²) in [7, 11) is 0. The van der Waals surface area contributed by atoms with Gasteiger partial charge in [-0.1, -0.05) is 40.9 Å². The van der Waals surface area contributed by atoms with Crippen molar-refractivity contribution in [3.63, 3.8) is 0 Å². The fourth-order valence-corrected chi connectivity index (χ4v) is 2.09. The average Bonchev–Trinajstić information content (AvgIpc) is 2.45. The van der Waals surface area contributed by atoms with Crippen molar-refractivity contribution in [1.82, 2.24) is 0 Å². The van der Waals surface area contributed by atoms with Crippen LogP contribution in [0.4, 0.5) is 11.4 Å². The van der Waals surface area contributed by atoms with Gasteiger partial charge in [0.05, 0.1) is 10.0 Å². The highest BCUT2D eigenvalue weighted by molar-refractivity contribution is 6.42. The second-order valence-corrected chi connectivity index (χ2v) is 5.53. The highest BCUT2D eigenvalue weighted by Crippen LogP contribution is 2.25. The molecule has 2 aromatic rings. The Morgan fingerprint density at radius 2 is 1.67 bits per heavy atom. The average molecular weight is 323 g/mol. The lowest BCUT2D eigenvalue weighted by Gasteiger charge is -2.08. The van der Waals surface area contributed by atoms with E-state index in [1.807, 2.05) is 31.2 Å². The van der Waals surface area contributed by atoms with E-state index in [1.54, 1.807) is 18.2 Å². The predicted octanol–water partition coefficient (Wildman–Crippen LogP) is 4.74. The highest BCUT2D eigenvalue weighted by atomic mass is 35.5. The van der Waals surface area contributed by atoms with Gasteiger partial charge >= 0.3 is 0 Å². The van der Waals surface area contributed by atoms with Crippen molar-refractivity contribution in [2.45, 2.75) is 13.3 Å². The maximum atomic E-state index is 11.8. The summed E-state index contributed by atoms with van der Waals surface area (Å²) in [6.07, 6.45) is 0.369. The van der Waals surface area contributed by atoms with Gasteiger partial charge < -0.3 is 10.6 Å². The number of benzene rings is 2. The second kappa shape index (κ2) is 7.34. The zero-order chi connectivity index (χ0) is 15.2. The number of halogens is 2. The summed E-state index contributed by atoms with van der Waals surface area (Å²) in [6.45, 7) is 2.60. The summed E-state index contributed by atoms with van der Waals surface area (Å²) in [5.41, 5.74) is 2.85. The topological polar surface area (TPSA) is 41.1 Å². The normalized spacial score (nSPS) is 10.2. The summed E-state index contributed by atoms with van der Waals surface area (Å²) in [4.78, 5) is 11.8. The molecule has 0 heterocycles. The summed E-state index contributed by atoms with van der Waals surface area (Å²) in [5, 5.41) is 6.88. The van der Waals surface area contributed by atoms with Gasteiger partial charge in [0.2, 0.25) is 5.91 Å². The van der Waals surface area contributed by atoms with Crippen molar-refractivity contribution in [3.8, 4) is 0 Å². The molecule has 110 valence electrons. The van der Waals surface area contributed by atoms with Crippen LogP contribution in [0.15, 0.2) is 42.5 Å². The standard InChI is InChI=1S/C16H16Cl2N2O/c1-11-2-4-12(5-3-11)19-9-8-16(21)20-13-6-7-14(17)15(18)10-13/h2-7,10,19H,8-9H2,1H3,(H,20,21). The number of nitrogens with one attached hydrogen (secondary N) is 2. The molecule has 0 aliphatic carbocycles. The molecule has 0 spiro atoms. The Balaban J connectivity index is 1.79. The maximum absolute atomic E-state index is 11.8. The van der Waals surface area contributed by atoms with Crippen LogP contribution in [-0.2, 0) is 4.79 Å². The maximum Gasteiger partial charge on any atom is 0.226 e. The number of carbonyl (C=O) groups is 1. The van der Waals surface area contributed by atoms with Crippen molar-refractivity contribution in [3.05, 3.63) is 58.1 Å². The molecule has 2 N–H and O–H groups in total. The Hall–Kier alpha value is -1.71. The molecule has 0 radical (unpaired) electrons. The van der Waals surface area contributed by atoms with Gasteiger partial charge in [0, 0.05) is 24.3 Å². The zero-order valence-electron chi connectivity index (χ0n) is 11.6. The van der Waals surface area contributed by atoms with Crippen LogP contribution in [0.5, 0.6) is 0 Å². The Morgan fingerprint density at radius 3 is 2.33 bits per heavy atom. The molecule has 0 aromatic heterocycles. The van der Waals surface area contributed by atoms with E-state index in [4.69, 9.17) is 23.2 Å². The van der Waals surface area contributed by atoms with Gasteiger partial charge in [0.1, 0.15) is 0 Å². The Kier molecular flexibility index (Phi) is 5.48. The quantitative estimate of drug-likeness (QED) is 0.834. The van der Waals surface area contributed by atoms with Crippen LogP contribution in [0.2, 0.25) is 10.0 Å². The van der Waals surface area contributed by atoms with E-state index in [1.165, 1.54) is 5.56 Å². The smallest absolute Gasteiger partial charge is 0.226 e. The SMILES string of the molecule is Cc1ccc(NCCC(=O)Nc2ccc(Cl)c(Cl)c2)cc1. The van der Waals surface area contributed by atoms with Gasteiger partial charge in [-0.2, -0.15) is 0 Å². The molecule has 0 atom stereocenters. The van der Waals surface area contributed by atoms with Gasteiger partial charge in [0.25, 0.3) is 0 Å². The van der Waals surface area contributed by atoms with Crippen LogP contribution >= 0.6 is 23.2 Å². The van der Waals surface area contributed by atoms with E-state index in [-0.39, 0.29) is 5.91 Å². The van der Waals surface area contributed by atoms with E-state index in [9.17, 15) is 4.79 Å². The van der Waals surface area contributed by atoms with Crippen molar-refractivity contribution >= 4 is 40.5 Å². The fraction of sp³-hybridized carbons (Fsp3) is 0.188. The Labute approximate surface area is 134 Å². The minimum absolute atomic E-state index is 0.0759. The Morgan fingerprint density at radius 1 is 1.00 bits per heavy atom. The molecule has 21 heavy (non-hydrogen) atoms. The minimum Gasteiger partial charge on any atom is -0.385 e. The number of aryl methyl sites for hydroxylation is 1. The fourth-order valence-electron chi connectivity index (χ4n) is 1.79. The predicted molar refractivity (Wildman–Crippen MR) is 89.4 cm³/mol. The van der Waals surface area contributed by atoms with Gasteiger partial charge in [-0.25, -0.2) is 0 Å². The van der Waals surface area contributed by atoms with Crippen LogP contribution in [-0.4, -0.2) is 12.5 Å². The molecule has 0 unspecified atom stereocenters. The van der Waals surface area contributed by atoms with Crippen molar-refractivity contribution in [2.24, 2.45) is 0 Å². The second-order valence-electron chi connectivity index (χ2n) is 4.72. The van der Waals surface area contributed by atoms with Gasteiger partial charge in [-0.3, -0.25) is 4.79 Å². The lowest BCUT2D eigenvalue weighted by molar-refractivity contribution is -0.115. The summed E-state index contributed by atoms with van der Waals surface area (Å²) in [6, 6.07) is 13.0. The molecule has 3 nitrogen and oxygen atoms in total. The van der Waals surface area contributed by atoms with E-state index in [0.717, 1.165) is 5.69 Å². The Bertz CT molecular complexity index is 627. The van der Waals surface area contributed by atoms with Crippen LogP contribution in [0.25, 0.3) is 0 Å². The summed E-state index contributed by atoms with van der Waals surface area (Å²) < 4.78 is 0. The first-order chi connectivity index (χ1) is 10.0. The number of rotatable bonds is 5. The number of hydrogen-bond acceptors (Lipinski definition) is 2. The molecule has 2 aromatic carbocycles. The van der Waals surface area contributed by atoms with Gasteiger partial charge in [-0.05, 0) is 37.3 Å². The number of carbonyl (C=O) groups excluding carboxylic acids is 1. The molecule has 0 bridgehead atoms. The van der Waals surface area contributed by atoms with Crippen LogP contribution in [0, 0.1) is 6.92 Å². The lowest BCUT2D eigenvalue weighted by Crippen LogP contribution is -2.16. The summed E-state index contributed by atoms with van der Waals surface area (Å²) >= 11 is 11.7. The molecule has 0 aliphatic heterocycles. The van der Waals surface area contributed by atoms with E-state index >= 15 is 0 Å². The molecule has 0 aliphatic rings. The highest BCUT2D eigenvalue weighted by Gasteiger charge is 2.04. The lowest BCUT2D eigenvalue weighted by atomic mass is 10.2. The molecule has 0 saturated carbocycles. The van der Waals surface area contributed by atoms with E-state index in [0.29, 0.717) is 28.7 Å². The number of amides is 1. The van der Waals surface area contributed by atoms with Gasteiger partial charge in [0.15, 0.2) is 0 Å². The monoisotopic (exact) mass is 322 g/mol. The first-order valence-electron chi connectivity index (χ1n) is 6.60. The molecule has 1 amide bonds.